The number of rotatable bonds is 6. The Morgan fingerprint density at radius 3 is 2.58 bits per heavy atom. The molecule has 0 saturated carbocycles. The Morgan fingerprint density at radius 2 is 1.84 bits per heavy atom. The molecule has 3 aromatic rings. The van der Waals surface area contributed by atoms with E-state index in [0.29, 0.717) is 18.2 Å². The maximum absolute atomic E-state index is 13.0. The van der Waals surface area contributed by atoms with Crippen molar-refractivity contribution in [1.29, 1.82) is 0 Å². The summed E-state index contributed by atoms with van der Waals surface area (Å²) in [4.78, 5) is 37.3. The predicted molar refractivity (Wildman–Crippen MR) is 145 cm³/mol. The van der Waals surface area contributed by atoms with E-state index in [1.165, 1.54) is 13.3 Å². The van der Waals surface area contributed by atoms with Crippen molar-refractivity contribution in [1.82, 2.24) is 14.9 Å². The summed E-state index contributed by atoms with van der Waals surface area (Å²) in [7, 11) is 1.65. The predicted octanol–water partition coefficient (Wildman–Crippen LogP) is 4.60. The van der Waals surface area contributed by atoms with Gasteiger partial charge in [0.15, 0.2) is 0 Å². The lowest BCUT2D eigenvalue weighted by Crippen LogP contribution is -2.49. The Kier molecular flexibility index (Phi) is 7.30. The van der Waals surface area contributed by atoms with Crippen molar-refractivity contribution >= 4 is 29.1 Å². The summed E-state index contributed by atoms with van der Waals surface area (Å²) in [5.74, 6) is 2.55. The van der Waals surface area contributed by atoms with E-state index in [0.717, 1.165) is 66.4 Å². The van der Waals surface area contributed by atoms with Gasteiger partial charge in [-0.3, -0.25) is 4.79 Å². The van der Waals surface area contributed by atoms with Gasteiger partial charge in [0.1, 0.15) is 23.6 Å². The highest BCUT2D eigenvalue weighted by Gasteiger charge is 2.30. The van der Waals surface area contributed by atoms with Gasteiger partial charge in [0.2, 0.25) is 11.8 Å². The number of piperidine rings is 1. The van der Waals surface area contributed by atoms with E-state index in [1.54, 1.807) is 13.2 Å². The molecule has 0 unspecified atom stereocenters. The van der Waals surface area contributed by atoms with Gasteiger partial charge < -0.3 is 29.9 Å². The average Bonchev–Trinajstić information content (AvgIpc) is 3.08. The SMILES string of the molecule is COc1ccc2c(c1)CCN(C1CCN(c3cc(Oc4ccc(NC(C)=O)c(C)c4)ncn3)CC1)C(=O)N2. The first kappa shape index (κ1) is 25.3. The number of hydrogen-bond donors (Lipinski definition) is 2. The molecule has 0 bridgehead atoms. The fraction of sp³-hybridized carbons (Fsp3) is 0.357. The number of methoxy groups -OCH3 is 1. The van der Waals surface area contributed by atoms with Crippen LogP contribution in [0.2, 0.25) is 0 Å². The lowest BCUT2D eigenvalue weighted by atomic mass is 10.0. The maximum atomic E-state index is 13.0. The second kappa shape index (κ2) is 11.0. The number of nitrogens with zero attached hydrogens (tertiary/aromatic N) is 4. The summed E-state index contributed by atoms with van der Waals surface area (Å²) in [6, 6.07) is 13.2. The van der Waals surface area contributed by atoms with Gasteiger partial charge in [0.05, 0.1) is 7.11 Å². The fourth-order valence-electron chi connectivity index (χ4n) is 5.02. The summed E-state index contributed by atoms with van der Waals surface area (Å²) < 4.78 is 11.3. The minimum Gasteiger partial charge on any atom is -0.497 e. The normalized spacial score (nSPS) is 15.8. The van der Waals surface area contributed by atoms with Crippen LogP contribution >= 0.6 is 0 Å². The molecule has 3 amide bonds. The highest BCUT2D eigenvalue weighted by Crippen LogP contribution is 2.30. The van der Waals surface area contributed by atoms with E-state index < -0.39 is 0 Å². The van der Waals surface area contributed by atoms with Crippen molar-refractivity contribution in [3.8, 4) is 17.4 Å². The number of carbonyl (C=O) groups excluding carboxylic acids is 2. The Morgan fingerprint density at radius 1 is 1.05 bits per heavy atom. The molecule has 0 atom stereocenters. The number of aromatic nitrogens is 2. The number of ether oxygens (including phenoxy) is 2. The third-order valence-electron chi connectivity index (χ3n) is 7.02. The molecule has 3 heterocycles. The first-order chi connectivity index (χ1) is 18.4. The molecule has 1 fully saturated rings. The zero-order valence-electron chi connectivity index (χ0n) is 21.9. The fourth-order valence-corrected chi connectivity index (χ4v) is 5.02. The van der Waals surface area contributed by atoms with E-state index in [1.807, 2.05) is 48.2 Å². The van der Waals surface area contributed by atoms with Crippen LogP contribution in [0.1, 0.15) is 30.9 Å². The van der Waals surface area contributed by atoms with Crippen molar-refractivity contribution in [2.45, 2.75) is 39.2 Å². The molecule has 0 spiro atoms. The maximum Gasteiger partial charge on any atom is 0.322 e. The van der Waals surface area contributed by atoms with Crippen LogP contribution in [0.4, 0.5) is 22.0 Å². The number of nitrogens with one attached hydrogen (secondary N) is 2. The highest BCUT2D eigenvalue weighted by atomic mass is 16.5. The van der Waals surface area contributed by atoms with E-state index in [-0.39, 0.29) is 18.0 Å². The second-order valence-electron chi connectivity index (χ2n) is 9.59. The number of aryl methyl sites for hydroxylation is 1. The number of anilines is 3. The molecule has 198 valence electrons. The van der Waals surface area contributed by atoms with Gasteiger partial charge in [-0.1, -0.05) is 0 Å². The summed E-state index contributed by atoms with van der Waals surface area (Å²) in [5.41, 5.74) is 3.59. The lowest BCUT2D eigenvalue weighted by Gasteiger charge is -2.38. The van der Waals surface area contributed by atoms with E-state index >= 15 is 0 Å². The molecule has 2 aliphatic rings. The topological polar surface area (TPSA) is 109 Å². The van der Waals surface area contributed by atoms with Crippen LogP contribution in [0.25, 0.3) is 0 Å². The molecule has 1 saturated heterocycles. The van der Waals surface area contributed by atoms with Crippen molar-refractivity contribution in [3.63, 3.8) is 0 Å². The number of amides is 3. The summed E-state index contributed by atoms with van der Waals surface area (Å²) in [5, 5.41) is 5.87. The largest absolute Gasteiger partial charge is 0.497 e. The van der Waals surface area contributed by atoms with Gasteiger partial charge in [0, 0.05) is 50.0 Å². The number of carbonyl (C=O) groups is 2. The molecule has 2 N–H and O–H groups in total. The molecule has 5 rings (SSSR count). The molecular formula is C28H32N6O4. The Labute approximate surface area is 222 Å². The summed E-state index contributed by atoms with van der Waals surface area (Å²) in [6.45, 7) is 5.61. The van der Waals surface area contributed by atoms with E-state index in [2.05, 4.69) is 25.5 Å². The summed E-state index contributed by atoms with van der Waals surface area (Å²) in [6.07, 6.45) is 3.97. The van der Waals surface area contributed by atoms with Crippen molar-refractivity contribution in [2.24, 2.45) is 0 Å². The highest BCUT2D eigenvalue weighted by molar-refractivity contribution is 5.91. The van der Waals surface area contributed by atoms with Crippen LogP contribution in [-0.2, 0) is 11.2 Å². The molecule has 0 aliphatic carbocycles. The number of hydrogen-bond acceptors (Lipinski definition) is 7. The molecule has 38 heavy (non-hydrogen) atoms. The van der Waals surface area contributed by atoms with Gasteiger partial charge in [-0.05, 0) is 73.7 Å². The zero-order valence-corrected chi connectivity index (χ0v) is 21.9. The van der Waals surface area contributed by atoms with E-state index in [9.17, 15) is 9.59 Å². The zero-order chi connectivity index (χ0) is 26.6. The van der Waals surface area contributed by atoms with Crippen LogP contribution in [0.3, 0.4) is 0 Å². The molecule has 10 nitrogen and oxygen atoms in total. The molecule has 2 aromatic carbocycles. The van der Waals surface area contributed by atoms with Gasteiger partial charge in [-0.2, -0.15) is 0 Å². The van der Waals surface area contributed by atoms with Gasteiger partial charge in [-0.15, -0.1) is 0 Å². The molecule has 2 aliphatic heterocycles. The number of benzene rings is 2. The number of urea groups is 1. The van der Waals surface area contributed by atoms with Crippen molar-refractivity contribution in [3.05, 3.63) is 59.9 Å². The standard InChI is InChI=1S/C28H32N6O4/c1-18-14-23(5-6-24(18)31-19(2)35)38-27-16-26(29-17-30-27)33-11-9-21(10-12-33)34-13-8-20-15-22(37-3)4-7-25(20)32-28(34)36/h4-7,14-17,21H,8-13H2,1-3H3,(H,31,35)(H,32,36). The minimum absolute atomic E-state index is 0.0510. The molecule has 0 radical (unpaired) electrons. The van der Waals surface area contributed by atoms with Crippen LogP contribution < -0.4 is 25.0 Å². The smallest absolute Gasteiger partial charge is 0.322 e. The Bertz CT molecular complexity index is 1340. The Balaban J connectivity index is 1.20. The van der Waals surface area contributed by atoms with Gasteiger partial charge >= 0.3 is 6.03 Å². The van der Waals surface area contributed by atoms with Crippen LogP contribution in [0, 0.1) is 6.92 Å². The van der Waals surface area contributed by atoms with Crippen molar-refractivity contribution in [2.75, 3.05) is 42.3 Å². The third-order valence-corrected chi connectivity index (χ3v) is 7.02. The number of fused-ring (bicyclic) bond motifs is 1. The lowest BCUT2D eigenvalue weighted by molar-refractivity contribution is -0.114. The summed E-state index contributed by atoms with van der Waals surface area (Å²) >= 11 is 0. The van der Waals surface area contributed by atoms with E-state index in [4.69, 9.17) is 9.47 Å². The first-order valence-electron chi connectivity index (χ1n) is 12.8. The van der Waals surface area contributed by atoms with Crippen LogP contribution in [-0.4, -0.2) is 59.6 Å². The third kappa shape index (κ3) is 5.64. The second-order valence-corrected chi connectivity index (χ2v) is 9.59. The van der Waals surface area contributed by atoms with Crippen LogP contribution in [0.5, 0.6) is 17.4 Å². The monoisotopic (exact) mass is 516 g/mol. The van der Waals surface area contributed by atoms with Gasteiger partial charge in [-0.25, -0.2) is 14.8 Å². The molecule has 10 heteroatoms. The minimum atomic E-state index is -0.117. The van der Waals surface area contributed by atoms with Crippen molar-refractivity contribution < 1.29 is 19.1 Å². The average molecular weight is 517 g/mol. The first-order valence-corrected chi connectivity index (χ1v) is 12.8. The molecular weight excluding hydrogens is 484 g/mol. The Hall–Kier alpha value is -4.34. The van der Waals surface area contributed by atoms with Crippen LogP contribution in [0.15, 0.2) is 48.8 Å². The molecule has 1 aromatic heterocycles. The van der Waals surface area contributed by atoms with Gasteiger partial charge in [0.25, 0.3) is 0 Å². The quantitative estimate of drug-likeness (QED) is 0.493.